The van der Waals surface area contributed by atoms with Crippen LogP contribution >= 0.6 is 0 Å². The molecule has 6 nitrogen and oxygen atoms in total. The predicted octanol–water partition coefficient (Wildman–Crippen LogP) is 0.773. The van der Waals surface area contributed by atoms with Crippen molar-refractivity contribution in [2.45, 2.75) is 12.3 Å². The highest BCUT2D eigenvalue weighted by Gasteiger charge is 2.29. The maximum atomic E-state index is 12.2. The smallest absolute Gasteiger partial charge is 0.274 e. The Morgan fingerprint density at radius 1 is 1.50 bits per heavy atom. The van der Waals surface area contributed by atoms with Crippen molar-refractivity contribution in [2.75, 3.05) is 13.1 Å². The maximum Gasteiger partial charge on any atom is 0.274 e. The van der Waals surface area contributed by atoms with Gasteiger partial charge < -0.3 is 4.90 Å². The summed E-state index contributed by atoms with van der Waals surface area (Å²) in [6, 6.07) is 3.73. The summed E-state index contributed by atoms with van der Waals surface area (Å²) >= 11 is 0. The highest BCUT2D eigenvalue weighted by Crippen LogP contribution is 2.26. The lowest BCUT2D eigenvalue weighted by molar-refractivity contribution is 0.0784. The van der Waals surface area contributed by atoms with Crippen molar-refractivity contribution >= 4 is 5.91 Å². The molecule has 1 atom stereocenters. The SMILES string of the molecule is Cn1ccc(C(=O)N2CC[C@@H](c3ccn[nH]3)C2)n1. The summed E-state index contributed by atoms with van der Waals surface area (Å²) in [6.07, 6.45) is 4.51. The summed E-state index contributed by atoms with van der Waals surface area (Å²) in [5.74, 6) is 0.373. The van der Waals surface area contributed by atoms with Gasteiger partial charge in [-0.1, -0.05) is 0 Å². The molecule has 0 aliphatic carbocycles. The average molecular weight is 245 g/mol. The van der Waals surface area contributed by atoms with Gasteiger partial charge in [0.25, 0.3) is 5.91 Å². The van der Waals surface area contributed by atoms with Crippen LogP contribution in [0.4, 0.5) is 0 Å². The Hall–Kier alpha value is -2.11. The summed E-state index contributed by atoms with van der Waals surface area (Å²) in [5, 5.41) is 11.1. The number of hydrogen-bond donors (Lipinski definition) is 1. The van der Waals surface area contributed by atoms with Crippen LogP contribution in [0.3, 0.4) is 0 Å². The van der Waals surface area contributed by atoms with E-state index in [1.165, 1.54) is 0 Å². The second kappa shape index (κ2) is 4.29. The van der Waals surface area contributed by atoms with Gasteiger partial charge >= 0.3 is 0 Å². The molecule has 0 unspecified atom stereocenters. The first-order valence-corrected chi connectivity index (χ1v) is 6.02. The van der Waals surface area contributed by atoms with Gasteiger partial charge in [-0.05, 0) is 18.6 Å². The number of rotatable bonds is 2. The Labute approximate surface area is 105 Å². The van der Waals surface area contributed by atoms with Crippen LogP contribution < -0.4 is 0 Å². The molecule has 0 radical (unpaired) electrons. The van der Waals surface area contributed by atoms with Gasteiger partial charge in [0.05, 0.1) is 0 Å². The maximum absolute atomic E-state index is 12.2. The molecule has 1 fully saturated rings. The van der Waals surface area contributed by atoms with Crippen LogP contribution in [-0.2, 0) is 7.05 Å². The minimum absolute atomic E-state index is 0.0117. The first-order chi connectivity index (χ1) is 8.74. The van der Waals surface area contributed by atoms with E-state index < -0.39 is 0 Å². The number of aromatic amines is 1. The second-order valence-corrected chi connectivity index (χ2v) is 4.62. The lowest BCUT2D eigenvalue weighted by Crippen LogP contribution is -2.29. The van der Waals surface area contributed by atoms with Gasteiger partial charge in [-0.2, -0.15) is 10.2 Å². The summed E-state index contributed by atoms with van der Waals surface area (Å²) < 4.78 is 1.65. The fraction of sp³-hybridized carbons (Fsp3) is 0.417. The Morgan fingerprint density at radius 2 is 2.39 bits per heavy atom. The fourth-order valence-electron chi connectivity index (χ4n) is 2.38. The zero-order chi connectivity index (χ0) is 12.5. The van der Waals surface area contributed by atoms with Crippen LogP contribution in [-0.4, -0.2) is 43.9 Å². The number of H-pyrrole nitrogens is 1. The first-order valence-electron chi connectivity index (χ1n) is 6.02. The molecule has 2 aromatic heterocycles. The Bertz CT molecular complexity index is 545. The van der Waals surface area contributed by atoms with Crippen molar-refractivity contribution in [3.63, 3.8) is 0 Å². The number of amides is 1. The van der Waals surface area contributed by atoms with Crippen molar-refractivity contribution in [1.82, 2.24) is 24.9 Å². The van der Waals surface area contributed by atoms with Gasteiger partial charge in [0.2, 0.25) is 0 Å². The first kappa shape index (κ1) is 11.0. The van der Waals surface area contributed by atoms with E-state index in [1.54, 1.807) is 23.1 Å². The summed E-state index contributed by atoms with van der Waals surface area (Å²) in [5.41, 5.74) is 1.62. The van der Waals surface area contributed by atoms with E-state index in [9.17, 15) is 4.79 Å². The third kappa shape index (κ3) is 1.90. The third-order valence-corrected chi connectivity index (χ3v) is 3.37. The molecule has 0 bridgehead atoms. The molecule has 2 aromatic rings. The van der Waals surface area contributed by atoms with Crippen LogP contribution in [0, 0.1) is 0 Å². The second-order valence-electron chi connectivity index (χ2n) is 4.62. The van der Waals surface area contributed by atoms with Crippen LogP contribution in [0.25, 0.3) is 0 Å². The van der Waals surface area contributed by atoms with E-state index >= 15 is 0 Å². The molecule has 1 N–H and O–H groups in total. The summed E-state index contributed by atoms with van der Waals surface area (Å²) in [6.45, 7) is 1.51. The van der Waals surface area contributed by atoms with E-state index in [-0.39, 0.29) is 5.91 Å². The largest absolute Gasteiger partial charge is 0.337 e. The third-order valence-electron chi connectivity index (χ3n) is 3.37. The topological polar surface area (TPSA) is 66.8 Å². The van der Waals surface area contributed by atoms with Crippen molar-refractivity contribution in [2.24, 2.45) is 7.05 Å². The molecule has 1 aliphatic rings. The minimum atomic E-state index is 0.0117. The average Bonchev–Trinajstić information content (AvgIpc) is 3.09. The Kier molecular flexibility index (Phi) is 2.62. The van der Waals surface area contributed by atoms with E-state index in [1.807, 2.05) is 18.0 Å². The van der Waals surface area contributed by atoms with Crippen LogP contribution in [0.15, 0.2) is 24.5 Å². The highest BCUT2D eigenvalue weighted by molar-refractivity contribution is 5.92. The van der Waals surface area contributed by atoms with Gasteiger partial charge in [-0.25, -0.2) is 0 Å². The monoisotopic (exact) mass is 245 g/mol. The number of hydrogen-bond acceptors (Lipinski definition) is 3. The fourth-order valence-corrected chi connectivity index (χ4v) is 2.38. The van der Waals surface area contributed by atoms with Gasteiger partial charge in [0.15, 0.2) is 0 Å². The van der Waals surface area contributed by atoms with Crippen molar-refractivity contribution in [1.29, 1.82) is 0 Å². The zero-order valence-corrected chi connectivity index (χ0v) is 10.2. The van der Waals surface area contributed by atoms with Gasteiger partial charge in [-0.3, -0.25) is 14.6 Å². The quantitative estimate of drug-likeness (QED) is 0.850. The number of carbonyl (C=O) groups excluding carboxylic acids is 1. The van der Waals surface area contributed by atoms with Gasteiger partial charge in [-0.15, -0.1) is 0 Å². The van der Waals surface area contributed by atoms with Gasteiger partial charge in [0.1, 0.15) is 5.69 Å². The number of likely N-dealkylation sites (tertiary alicyclic amines) is 1. The molecule has 94 valence electrons. The predicted molar refractivity (Wildman–Crippen MR) is 65.1 cm³/mol. The lowest BCUT2D eigenvalue weighted by atomic mass is 10.1. The van der Waals surface area contributed by atoms with E-state index in [2.05, 4.69) is 15.3 Å². The summed E-state index contributed by atoms with van der Waals surface area (Å²) in [4.78, 5) is 14.1. The van der Waals surface area contributed by atoms with E-state index in [0.29, 0.717) is 11.6 Å². The molecule has 3 heterocycles. The number of aromatic nitrogens is 4. The van der Waals surface area contributed by atoms with Crippen molar-refractivity contribution in [3.8, 4) is 0 Å². The molecule has 0 spiro atoms. The summed E-state index contributed by atoms with van der Waals surface area (Å²) in [7, 11) is 1.81. The molecular weight excluding hydrogens is 230 g/mol. The highest BCUT2D eigenvalue weighted by atomic mass is 16.2. The lowest BCUT2D eigenvalue weighted by Gasteiger charge is -2.14. The van der Waals surface area contributed by atoms with Crippen molar-refractivity contribution < 1.29 is 4.79 Å². The molecule has 1 saturated heterocycles. The minimum Gasteiger partial charge on any atom is -0.337 e. The van der Waals surface area contributed by atoms with E-state index in [0.717, 1.165) is 25.2 Å². The molecule has 1 amide bonds. The number of nitrogens with zero attached hydrogens (tertiary/aromatic N) is 4. The van der Waals surface area contributed by atoms with Crippen LogP contribution in [0.5, 0.6) is 0 Å². The van der Waals surface area contributed by atoms with E-state index in [4.69, 9.17) is 0 Å². The number of aryl methyl sites for hydroxylation is 1. The normalized spacial score (nSPS) is 19.4. The molecule has 1 aliphatic heterocycles. The molecule has 3 rings (SSSR count). The number of nitrogens with one attached hydrogen (secondary N) is 1. The Balaban J connectivity index is 1.70. The molecule has 18 heavy (non-hydrogen) atoms. The molecule has 0 saturated carbocycles. The molecule has 6 heteroatoms. The van der Waals surface area contributed by atoms with Gasteiger partial charge in [0, 0.05) is 44.1 Å². The standard InChI is InChI=1S/C12H15N5O/c1-16-6-4-11(15-16)12(18)17-7-3-9(8-17)10-2-5-13-14-10/h2,4-6,9H,3,7-8H2,1H3,(H,13,14)/t9-/m1/s1. The molecular formula is C12H15N5O. The van der Waals surface area contributed by atoms with Crippen molar-refractivity contribution in [3.05, 3.63) is 35.9 Å². The number of carbonyl (C=O) groups is 1. The Morgan fingerprint density at radius 3 is 3.06 bits per heavy atom. The molecule has 0 aromatic carbocycles. The van der Waals surface area contributed by atoms with Crippen LogP contribution in [0.1, 0.15) is 28.5 Å². The van der Waals surface area contributed by atoms with Crippen LogP contribution in [0.2, 0.25) is 0 Å². The zero-order valence-electron chi connectivity index (χ0n) is 10.2.